The molecule has 0 aliphatic carbocycles. The van der Waals surface area contributed by atoms with Gasteiger partial charge in [0.15, 0.2) is 0 Å². The van der Waals surface area contributed by atoms with E-state index in [2.05, 4.69) is 15.5 Å². The van der Waals surface area contributed by atoms with E-state index in [1.807, 2.05) is 26.0 Å². The van der Waals surface area contributed by atoms with Crippen molar-refractivity contribution < 1.29 is 9.32 Å². The van der Waals surface area contributed by atoms with Gasteiger partial charge in [-0.3, -0.25) is 0 Å². The average Bonchev–Trinajstić information content (AvgIpc) is 3.23. The van der Waals surface area contributed by atoms with Gasteiger partial charge in [-0.25, -0.2) is 4.79 Å². The summed E-state index contributed by atoms with van der Waals surface area (Å²) < 4.78 is 5.43. The Morgan fingerprint density at radius 2 is 2.38 bits per heavy atom. The lowest BCUT2D eigenvalue weighted by Gasteiger charge is -2.24. The molecule has 3 rings (SSSR count). The average molecular weight is 349 g/mol. The number of urea groups is 1. The van der Waals surface area contributed by atoms with Gasteiger partial charge in [0, 0.05) is 23.2 Å². The summed E-state index contributed by atoms with van der Waals surface area (Å²) in [6.07, 6.45) is 2.64. The Hall–Kier alpha value is -2.08. The second-order valence-electron chi connectivity index (χ2n) is 6.08. The smallest absolute Gasteiger partial charge is 0.318 e. The molecule has 1 aromatic heterocycles. The first-order valence-electron chi connectivity index (χ1n) is 8.25. The van der Waals surface area contributed by atoms with Crippen molar-refractivity contribution in [1.29, 1.82) is 0 Å². The van der Waals surface area contributed by atoms with Crippen molar-refractivity contribution in [2.75, 3.05) is 6.54 Å². The number of carbonyl (C=O) groups is 1. The van der Waals surface area contributed by atoms with Gasteiger partial charge < -0.3 is 14.7 Å². The molecule has 1 fully saturated rings. The van der Waals surface area contributed by atoms with Gasteiger partial charge in [-0.2, -0.15) is 4.98 Å². The van der Waals surface area contributed by atoms with Crippen molar-refractivity contribution in [3.05, 3.63) is 35.2 Å². The first-order valence-corrected chi connectivity index (χ1v) is 8.63. The minimum Gasteiger partial charge on any atom is -0.337 e. The van der Waals surface area contributed by atoms with Crippen LogP contribution < -0.4 is 5.32 Å². The zero-order valence-corrected chi connectivity index (χ0v) is 14.6. The van der Waals surface area contributed by atoms with Gasteiger partial charge in [0.05, 0.1) is 0 Å². The van der Waals surface area contributed by atoms with Gasteiger partial charge in [0.2, 0.25) is 11.7 Å². The molecule has 0 spiro atoms. The summed E-state index contributed by atoms with van der Waals surface area (Å²) in [5.74, 6) is 0.962. The van der Waals surface area contributed by atoms with Gasteiger partial charge in [-0.1, -0.05) is 35.8 Å². The number of hydrogen-bond acceptors (Lipinski definition) is 4. The fourth-order valence-electron chi connectivity index (χ4n) is 2.78. The lowest BCUT2D eigenvalue weighted by atomic mass is 10.2. The highest BCUT2D eigenvalue weighted by Gasteiger charge is 2.34. The fraction of sp³-hybridized carbons (Fsp3) is 0.471. The number of carbonyl (C=O) groups excluding carboxylic acids is 1. The zero-order chi connectivity index (χ0) is 17.1. The van der Waals surface area contributed by atoms with Crippen molar-refractivity contribution in [2.24, 2.45) is 0 Å². The molecule has 7 heteroatoms. The Bertz CT molecular complexity index is 718. The Morgan fingerprint density at radius 1 is 1.54 bits per heavy atom. The molecule has 1 aliphatic rings. The van der Waals surface area contributed by atoms with Crippen molar-refractivity contribution in [1.82, 2.24) is 20.4 Å². The predicted molar refractivity (Wildman–Crippen MR) is 91.7 cm³/mol. The van der Waals surface area contributed by atoms with E-state index >= 15 is 0 Å². The van der Waals surface area contributed by atoms with E-state index in [1.165, 1.54) is 0 Å². The molecule has 1 N–H and O–H groups in total. The number of nitrogens with zero attached hydrogens (tertiary/aromatic N) is 3. The number of likely N-dealkylation sites (tertiary alicyclic amines) is 1. The Morgan fingerprint density at radius 3 is 3.12 bits per heavy atom. The van der Waals surface area contributed by atoms with Crippen LogP contribution in [-0.4, -0.2) is 33.7 Å². The summed E-state index contributed by atoms with van der Waals surface area (Å²) in [4.78, 5) is 18.7. The number of halogens is 1. The van der Waals surface area contributed by atoms with E-state index in [0.29, 0.717) is 23.3 Å². The largest absolute Gasteiger partial charge is 0.337 e. The van der Waals surface area contributed by atoms with Gasteiger partial charge in [-0.05, 0) is 38.3 Å². The van der Waals surface area contributed by atoms with E-state index in [0.717, 1.165) is 24.8 Å². The molecule has 24 heavy (non-hydrogen) atoms. The minimum absolute atomic E-state index is 0.0747. The van der Waals surface area contributed by atoms with Crippen LogP contribution in [0, 0.1) is 0 Å². The summed E-state index contributed by atoms with van der Waals surface area (Å²) in [6, 6.07) is 7.20. The van der Waals surface area contributed by atoms with E-state index in [4.69, 9.17) is 16.1 Å². The number of aromatic nitrogens is 2. The second kappa shape index (κ2) is 7.21. The maximum absolute atomic E-state index is 12.4. The summed E-state index contributed by atoms with van der Waals surface area (Å²) in [5, 5.41) is 7.66. The molecule has 128 valence electrons. The molecule has 2 heterocycles. The van der Waals surface area contributed by atoms with Crippen LogP contribution in [0.5, 0.6) is 0 Å². The third kappa shape index (κ3) is 3.53. The molecule has 1 saturated heterocycles. The second-order valence-corrected chi connectivity index (χ2v) is 6.51. The van der Waals surface area contributed by atoms with Crippen LogP contribution in [0.25, 0.3) is 11.4 Å². The molecule has 1 aromatic carbocycles. The highest BCUT2D eigenvalue weighted by molar-refractivity contribution is 6.30. The highest BCUT2D eigenvalue weighted by Crippen LogP contribution is 2.32. The maximum atomic E-state index is 12.4. The van der Waals surface area contributed by atoms with Crippen LogP contribution in [0.4, 0.5) is 4.79 Å². The molecule has 2 aromatic rings. The quantitative estimate of drug-likeness (QED) is 0.905. The SMILES string of the molecule is CCC(C)NC(=O)N1CCCC1c1nc(-c2cccc(Cl)c2)no1. The summed E-state index contributed by atoms with van der Waals surface area (Å²) in [6.45, 7) is 4.73. The van der Waals surface area contributed by atoms with E-state index in [9.17, 15) is 4.79 Å². The van der Waals surface area contributed by atoms with Gasteiger partial charge in [0.25, 0.3) is 0 Å². The molecule has 0 radical (unpaired) electrons. The Balaban J connectivity index is 1.77. The van der Waals surface area contributed by atoms with Crippen LogP contribution >= 0.6 is 11.6 Å². The van der Waals surface area contributed by atoms with Gasteiger partial charge in [0.1, 0.15) is 6.04 Å². The maximum Gasteiger partial charge on any atom is 0.318 e. The molecule has 2 atom stereocenters. The summed E-state index contributed by atoms with van der Waals surface area (Å²) in [5.41, 5.74) is 0.797. The normalized spacial score (nSPS) is 18.6. The monoisotopic (exact) mass is 348 g/mol. The molecule has 6 nitrogen and oxygen atoms in total. The highest BCUT2D eigenvalue weighted by atomic mass is 35.5. The third-order valence-electron chi connectivity index (χ3n) is 4.31. The lowest BCUT2D eigenvalue weighted by Crippen LogP contribution is -2.43. The van der Waals surface area contributed by atoms with Crippen molar-refractivity contribution in [3.8, 4) is 11.4 Å². The van der Waals surface area contributed by atoms with Crippen LogP contribution in [0.2, 0.25) is 5.02 Å². The number of rotatable bonds is 4. The van der Waals surface area contributed by atoms with Crippen LogP contribution in [0.3, 0.4) is 0 Å². The molecule has 2 amide bonds. The Labute approximate surface area is 146 Å². The number of hydrogen-bond donors (Lipinski definition) is 1. The van der Waals surface area contributed by atoms with E-state index in [-0.39, 0.29) is 18.1 Å². The van der Waals surface area contributed by atoms with Crippen molar-refractivity contribution in [3.63, 3.8) is 0 Å². The zero-order valence-electron chi connectivity index (χ0n) is 13.8. The van der Waals surface area contributed by atoms with Crippen molar-refractivity contribution >= 4 is 17.6 Å². The van der Waals surface area contributed by atoms with Crippen LogP contribution in [0.15, 0.2) is 28.8 Å². The van der Waals surface area contributed by atoms with Gasteiger partial charge >= 0.3 is 6.03 Å². The molecular weight excluding hydrogens is 328 g/mol. The molecule has 2 unspecified atom stereocenters. The van der Waals surface area contributed by atoms with Crippen molar-refractivity contribution in [2.45, 2.75) is 45.2 Å². The molecular formula is C17H21ClN4O2. The van der Waals surface area contributed by atoms with Crippen LogP contribution in [0.1, 0.15) is 45.0 Å². The molecule has 1 aliphatic heterocycles. The standard InChI is InChI=1S/C17H21ClN4O2/c1-3-11(2)19-17(23)22-9-5-8-14(22)16-20-15(21-24-16)12-6-4-7-13(18)10-12/h4,6-7,10-11,14H,3,5,8-9H2,1-2H3,(H,19,23). The first-order chi connectivity index (χ1) is 11.6. The van der Waals surface area contributed by atoms with E-state index in [1.54, 1.807) is 17.0 Å². The lowest BCUT2D eigenvalue weighted by molar-refractivity contribution is 0.177. The van der Waals surface area contributed by atoms with Gasteiger partial charge in [-0.15, -0.1) is 0 Å². The number of nitrogens with one attached hydrogen (secondary N) is 1. The Kier molecular flexibility index (Phi) is 5.04. The third-order valence-corrected chi connectivity index (χ3v) is 4.54. The topological polar surface area (TPSA) is 71.3 Å². The first kappa shape index (κ1) is 16.8. The van der Waals surface area contributed by atoms with Crippen LogP contribution in [-0.2, 0) is 0 Å². The summed E-state index contributed by atoms with van der Waals surface area (Å²) >= 11 is 6.01. The number of amides is 2. The predicted octanol–water partition coefficient (Wildman–Crippen LogP) is 4.04. The summed E-state index contributed by atoms with van der Waals surface area (Å²) in [7, 11) is 0. The molecule has 0 saturated carbocycles. The fourth-order valence-corrected chi connectivity index (χ4v) is 2.97. The minimum atomic E-state index is -0.172. The molecule has 0 bridgehead atoms. The number of benzene rings is 1. The van der Waals surface area contributed by atoms with E-state index < -0.39 is 0 Å².